The molecule has 0 unspecified atom stereocenters. The molecule has 0 heterocycles. The van der Waals surface area contributed by atoms with Gasteiger partial charge in [-0.3, -0.25) is 0 Å². The third kappa shape index (κ3) is 4.19. The number of halogens is 2. The number of anilines is 2. The van der Waals surface area contributed by atoms with Gasteiger partial charge in [-0.05, 0) is 35.9 Å². The molecule has 0 atom stereocenters. The second kappa shape index (κ2) is 6.92. The molecule has 2 aromatic rings. The Bertz CT molecular complexity index is 613. The number of benzene rings is 2. The van der Waals surface area contributed by atoms with Crippen LogP contribution in [-0.2, 0) is 6.54 Å². The second-order valence-electron chi connectivity index (χ2n) is 5.35. The highest BCUT2D eigenvalue weighted by Crippen LogP contribution is 2.28. The molecule has 0 saturated carbocycles. The van der Waals surface area contributed by atoms with E-state index in [0.717, 1.165) is 23.5 Å². The Morgan fingerprint density at radius 3 is 2.48 bits per heavy atom. The first-order chi connectivity index (χ1) is 9.97. The van der Waals surface area contributed by atoms with Crippen LogP contribution >= 0.6 is 11.6 Å². The van der Waals surface area contributed by atoms with Crippen molar-refractivity contribution in [1.82, 2.24) is 5.32 Å². The Morgan fingerprint density at radius 1 is 1.14 bits per heavy atom. The first-order valence-electron chi connectivity index (χ1n) is 6.98. The summed E-state index contributed by atoms with van der Waals surface area (Å²) in [6.45, 7) is 4.93. The SMILES string of the molecule is CC(C)NCc1ccc(N(C)c2cccc(F)c2)cc1Cl. The number of nitrogens with zero attached hydrogens (tertiary/aromatic N) is 1. The first kappa shape index (κ1) is 15.8. The van der Waals surface area contributed by atoms with E-state index in [1.807, 2.05) is 36.2 Å². The van der Waals surface area contributed by atoms with Crippen molar-refractivity contribution in [3.63, 3.8) is 0 Å². The summed E-state index contributed by atoms with van der Waals surface area (Å²) in [5.74, 6) is -0.247. The van der Waals surface area contributed by atoms with Crippen LogP contribution in [0.15, 0.2) is 42.5 Å². The average molecular weight is 307 g/mol. The van der Waals surface area contributed by atoms with Gasteiger partial charge in [0.05, 0.1) is 0 Å². The molecule has 0 spiro atoms. The standard InChI is InChI=1S/C17H20ClFN2/c1-12(2)20-11-13-7-8-16(10-17(13)18)21(3)15-6-4-5-14(19)9-15/h4-10,12,20H,11H2,1-3H3. The number of hydrogen-bond acceptors (Lipinski definition) is 2. The van der Waals surface area contributed by atoms with Crippen LogP contribution < -0.4 is 10.2 Å². The van der Waals surface area contributed by atoms with Gasteiger partial charge in [-0.15, -0.1) is 0 Å². The van der Waals surface area contributed by atoms with Crippen molar-refractivity contribution in [2.75, 3.05) is 11.9 Å². The van der Waals surface area contributed by atoms with Gasteiger partial charge in [0, 0.05) is 36.0 Å². The Kier molecular flexibility index (Phi) is 5.21. The van der Waals surface area contributed by atoms with E-state index in [1.54, 1.807) is 6.07 Å². The van der Waals surface area contributed by atoms with E-state index < -0.39 is 0 Å². The van der Waals surface area contributed by atoms with Gasteiger partial charge in [0.2, 0.25) is 0 Å². The fourth-order valence-corrected chi connectivity index (χ4v) is 2.28. The molecule has 0 aliphatic heterocycles. The zero-order valence-electron chi connectivity index (χ0n) is 12.5. The highest BCUT2D eigenvalue weighted by atomic mass is 35.5. The van der Waals surface area contributed by atoms with Crippen LogP contribution in [0, 0.1) is 5.82 Å². The van der Waals surface area contributed by atoms with Crippen LogP contribution in [0.4, 0.5) is 15.8 Å². The molecule has 112 valence electrons. The van der Waals surface area contributed by atoms with Crippen LogP contribution in [0.5, 0.6) is 0 Å². The highest BCUT2D eigenvalue weighted by molar-refractivity contribution is 6.31. The van der Waals surface area contributed by atoms with E-state index in [2.05, 4.69) is 19.2 Å². The van der Waals surface area contributed by atoms with Crippen molar-refractivity contribution < 1.29 is 4.39 Å². The Labute approximate surface area is 130 Å². The van der Waals surface area contributed by atoms with Crippen molar-refractivity contribution in [1.29, 1.82) is 0 Å². The number of hydrogen-bond donors (Lipinski definition) is 1. The van der Waals surface area contributed by atoms with Crippen molar-refractivity contribution >= 4 is 23.0 Å². The van der Waals surface area contributed by atoms with Crippen LogP contribution in [-0.4, -0.2) is 13.1 Å². The quantitative estimate of drug-likeness (QED) is 0.858. The minimum atomic E-state index is -0.247. The summed E-state index contributed by atoms with van der Waals surface area (Å²) in [7, 11) is 1.90. The lowest BCUT2D eigenvalue weighted by Crippen LogP contribution is -2.22. The molecular weight excluding hydrogens is 287 g/mol. The molecule has 0 amide bonds. The van der Waals surface area contributed by atoms with Crippen molar-refractivity contribution in [3.8, 4) is 0 Å². The van der Waals surface area contributed by atoms with E-state index >= 15 is 0 Å². The van der Waals surface area contributed by atoms with Gasteiger partial charge >= 0.3 is 0 Å². The van der Waals surface area contributed by atoms with E-state index in [9.17, 15) is 4.39 Å². The normalized spacial score (nSPS) is 11.0. The van der Waals surface area contributed by atoms with Crippen molar-refractivity contribution in [2.45, 2.75) is 26.4 Å². The maximum absolute atomic E-state index is 13.3. The molecule has 2 nitrogen and oxygen atoms in total. The second-order valence-corrected chi connectivity index (χ2v) is 5.76. The van der Waals surface area contributed by atoms with Gasteiger partial charge in [-0.25, -0.2) is 4.39 Å². The van der Waals surface area contributed by atoms with Crippen LogP contribution in [0.25, 0.3) is 0 Å². The predicted molar refractivity (Wildman–Crippen MR) is 87.9 cm³/mol. The summed E-state index contributed by atoms with van der Waals surface area (Å²) in [6.07, 6.45) is 0. The molecule has 1 N–H and O–H groups in total. The summed E-state index contributed by atoms with van der Waals surface area (Å²) in [5, 5.41) is 4.05. The lowest BCUT2D eigenvalue weighted by atomic mass is 10.1. The topological polar surface area (TPSA) is 15.3 Å². The molecule has 4 heteroatoms. The molecule has 21 heavy (non-hydrogen) atoms. The molecule has 0 saturated heterocycles. The van der Waals surface area contributed by atoms with E-state index in [0.29, 0.717) is 11.1 Å². The van der Waals surface area contributed by atoms with Gasteiger partial charge < -0.3 is 10.2 Å². The largest absolute Gasteiger partial charge is 0.344 e. The molecule has 2 rings (SSSR count). The van der Waals surface area contributed by atoms with Gasteiger partial charge in [0.25, 0.3) is 0 Å². The van der Waals surface area contributed by atoms with E-state index in [1.165, 1.54) is 12.1 Å². The average Bonchev–Trinajstić information content (AvgIpc) is 2.45. The Morgan fingerprint density at radius 2 is 1.86 bits per heavy atom. The van der Waals surface area contributed by atoms with Crippen molar-refractivity contribution in [2.24, 2.45) is 0 Å². The smallest absolute Gasteiger partial charge is 0.125 e. The van der Waals surface area contributed by atoms with Crippen molar-refractivity contribution in [3.05, 3.63) is 58.9 Å². The summed E-state index contributed by atoms with van der Waals surface area (Å²) in [6, 6.07) is 12.8. The molecule has 0 aliphatic carbocycles. The molecule has 0 aromatic heterocycles. The van der Waals surface area contributed by atoms with Crippen LogP contribution in [0.1, 0.15) is 19.4 Å². The third-order valence-electron chi connectivity index (χ3n) is 3.32. The maximum Gasteiger partial charge on any atom is 0.125 e. The zero-order chi connectivity index (χ0) is 15.4. The fraction of sp³-hybridized carbons (Fsp3) is 0.294. The molecular formula is C17H20ClFN2. The number of rotatable bonds is 5. The molecule has 2 aromatic carbocycles. The molecule has 0 radical (unpaired) electrons. The zero-order valence-corrected chi connectivity index (χ0v) is 13.3. The lowest BCUT2D eigenvalue weighted by Gasteiger charge is -2.20. The van der Waals surface area contributed by atoms with E-state index in [-0.39, 0.29) is 5.82 Å². The molecule has 0 aliphatic rings. The van der Waals surface area contributed by atoms with Gasteiger partial charge in [-0.2, -0.15) is 0 Å². The minimum Gasteiger partial charge on any atom is -0.344 e. The minimum absolute atomic E-state index is 0.247. The Hall–Kier alpha value is -1.58. The Balaban J connectivity index is 2.19. The van der Waals surface area contributed by atoms with Crippen LogP contribution in [0.3, 0.4) is 0 Å². The number of nitrogens with one attached hydrogen (secondary N) is 1. The summed E-state index contributed by atoms with van der Waals surface area (Å²) < 4.78 is 13.3. The molecule has 0 bridgehead atoms. The first-order valence-corrected chi connectivity index (χ1v) is 7.36. The summed E-state index contributed by atoms with van der Waals surface area (Å²) >= 11 is 6.33. The maximum atomic E-state index is 13.3. The van der Waals surface area contributed by atoms with Gasteiger partial charge in [-0.1, -0.05) is 37.6 Å². The fourth-order valence-electron chi connectivity index (χ4n) is 2.04. The van der Waals surface area contributed by atoms with E-state index in [4.69, 9.17) is 11.6 Å². The van der Waals surface area contributed by atoms with Gasteiger partial charge in [0.15, 0.2) is 0 Å². The highest BCUT2D eigenvalue weighted by Gasteiger charge is 2.08. The molecule has 0 fully saturated rings. The van der Waals surface area contributed by atoms with Gasteiger partial charge in [0.1, 0.15) is 5.82 Å². The van der Waals surface area contributed by atoms with Crippen LogP contribution in [0.2, 0.25) is 5.02 Å². The summed E-state index contributed by atoms with van der Waals surface area (Å²) in [5.41, 5.74) is 2.78. The monoisotopic (exact) mass is 306 g/mol. The predicted octanol–water partition coefficient (Wildman–Crippen LogP) is 4.75. The lowest BCUT2D eigenvalue weighted by molar-refractivity contribution is 0.589. The summed E-state index contributed by atoms with van der Waals surface area (Å²) in [4.78, 5) is 1.91. The third-order valence-corrected chi connectivity index (χ3v) is 3.67.